The van der Waals surface area contributed by atoms with E-state index in [0.717, 1.165) is 62.3 Å². The number of ether oxygens (including phenoxy) is 1. The molecule has 17 heteroatoms. The molecule has 0 radical (unpaired) electrons. The summed E-state index contributed by atoms with van der Waals surface area (Å²) < 4.78 is 47.7. The predicted molar refractivity (Wildman–Crippen MR) is 177 cm³/mol. The summed E-state index contributed by atoms with van der Waals surface area (Å²) in [5, 5.41) is 16.0. The molecule has 0 aliphatic carbocycles. The van der Waals surface area contributed by atoms with E-state index in [4.69, 9.17) is 4.74 Å². The second-order valence-electron chi connectivity index (χ2n) is 11.8. The molecule has 6 heterocycles. The van der Waals surface area contributed by atoms with Crippen LogP contribution in [0.1, 0.15) is 35.8 Å². The number of nitrogens with one attached hydrogen (secondary N) is 2. The Bertz CT molecular complexity index is 1910. The van der Waals surface area contributed by atoms with Gasteiger partial charge in [-0.1, -0.05) is 0 Å². The summed E-state index contributed by atoms with van der Waals surface area (Å²) in [6, 6.07) is 2.37. The zero-order chi connectivity index (χ0) is 34.7. The lowest BCUT2D eigenvalue weighted by Crippen LogP contribution is -2.43. The van der Waals surface area contributed by atoms with Crippen LogP contribution in [0, 0.1) is 0 Å². The van der Waals surface area contributed by atoms with Crippen LogP contribution < -0.4 is 16.1 Å². The van der Waals surface area contributed by atoms with Crippen molar-refractivity contribution >= 4 is 40.1 Å². The maximum atomic E-state index is 13.5. The van der Waals surface area contributed by atoms with Gasteiger partial charge in [-0.3, -0.25) is 24.9 Å². The monoisotopic (exact) mass is 700 g/mol. The van der Waals surface area contributed by atoms with Crippen molar-refractivity contribution in [3.8, 4) is 21.8 Å². The van der Waals surface area contributed by atoms with E-state index >= 15 is 0 Å². The van der Waals surface area contributed by atoms with E-state index in [-0.39, 0.29) is 39.1 Å². The number of halogens is 3. The first-order valence-corrected chi connectivity index (χ1v) is 16.8. The molecule has 2 amide bonds. The first-order chi connectivity index (χ1) is 23.5. The van der Waals surface area contributed by atoms with Crippen LogP contribution in [-0.4, -0.2) is 105 Å². The number of amides is 2. The fourth-order valence-electron chi connectivity index (χ4n) is 6.21. The van der Waals surface area contributed by atoms with Crippen LogP contribution in [0.5, 0.6) is 0 Å². The average molecular weight is 701 g/mol. The predicted octanol–water partition coefficient (Wildman–Crippen LogP) is 4.24. The average Bonchev–Trinajstić information content (AvgIpc) is 3.76. The van der Waals surface area contributed by atoms with Crippen molar-refractivity contribution in [2.75, 3.05) is 57.8 Å². The molecule has 260 valence electrons. The van der Waals surface area contributed by atoms with E-state index in [0.29, 0.717) is 31.8 Å². The van der Waals surface area contributed by atoms with Crippen molar-refractivity contribution in [2.24, 2.45) is 0 Å². The molecule has 6 rings (SSSR count). The molecule has 2 fully saturated rings. The number of hydrogen-bond donors (Lipinski definition) is 3. The minimum absolute atomic E-state index is 0.0133. The summed E-state index contributed by atoms with van der Waals surface area (Å²) in [6.45, 7) is 8.36. The highest BCUT2D eigenvalue weighted by molar-refractivity contribution is 7.13. The topological polar surface area (TPSA) is 155 Å². The summed E-state index contributed by atoms with van der Waals surface area (Å²) in [5.41, 5.74) is -1.18. The van der Waals surface area contributed by atoms with Gasteiger partial charge in [-0.15, -0.1) is 11.3 Å². The van der Waals surface area contributed by atoms with Gasteiger partial charge in [0.25, 0.3) is 0 Å². The molecule has 0 bridgehead atoms. The van der Waals surface area contributed by atoms with Gasteiger partial charge < -0.3 is 19.7 Å². The zero-order valence-electron chi connectivity index (χ0n) is 26.6. The molecule has 2 aliphatic heterocycles. The van der Waals surface area contributed by atoms with Gasteiger partial charge in [0.05, 0.1) is 36.0 Å². The Morgan fingerprint density at radius 2 is 1.90 bits per heavy atom. The van der Waals surface area contributed by atoms with Gasteiger partial charge in [0.1, 0.15) is 16.4 Å². The number of morpholine rings is 1. The number of hydrogen-bond acceptors (Lipinski definition) is 10. The Labute approximate surface area is 282 Å². The van der Waals surface area contributed by atoms with Crippen molar-refractivity contribution in [2.45, 2.75) is 38.5 Å². The van der Waals surface area contributed by atoms with E-state index in [1.165, 1.54) is 30.7 Å². The second-order valence-corrected chi connectivity index (χ2v) is 12.7. The fraction of sp³-hybridized carbons (Fsp3) is 0.438. The van der Waals surface area contributed by atoms with Crippen LogP contribution in [0.3, 0.4) is 0 Å². The van der Waals surface area contributed by atoms with Crippen LogP contribution >= 0.6 is 11.3 Å². The van der Waals surface area contributed by atoms with Gasteiger partial charge in [0, 0.05) is 74.2 Å². The number of rotatable bonds is 10. The molecule has 1 atom stereocenters. The molecule has 4 aromatic rings. The quantitative estimate of drug-likeness (QED) is 0.219. The molecule has 0 spiro atoms. The highest BCUT2D eigenvalue weighted by Crippen LogP contribution is 2.38. The van der Waals surface area contributed by atoms with E-state index in [9.17, 15) is 32.7 Å². The van der Waals surface area contributed by atoms with Crippen molar-refractivity contribution in [1.29, 1.82) is 0 Å². The molecule has 0 unspecified atom stereocenters. The molecular weight excluding hydrogens is 665 g/mol. The normalized spacial score (nSPS) is 17.4. The number of anilines is 1. The third kappa shape index (κ3) is 7.74. The highest BCUT2D eigenvalue weighted by Gasteiger charge is 2.34. The zero-order valence-corrected chi connectivity index (χ0v) is 27.4. The Balaban J connectivity index is 1.38. The van der Waals surface area contributed by atoms with Crippen LogP contribution in [0.25, 0.3) is 32.7 Å². The third-order valence-electron chi connectivity index (χ3n) is 8.69. The largest absolute Gasteiger partial charge is 0.477 e. The van der Waals surface area contributed by atoms with Gasteiger partial charge >= 0.3 is 18.2 Å². The summed E-state index contributed by atoms with van der Waals surface area (Å²) in [5.74, 6) is -1.32. The summed E-state index contributed by atoms with van der Waals surface area (Å²) in [6.07, 6.45) is 1.37. The van der Waals surface area contributed by atoms with Gasteiger partial charge in [0.15, 0.2) is 5.69 Å². The number of fused-ring (bicyclic) bond motifs is 1. The smallest absolute Gasteiger partial charge is 0.434 e. The van der Waals surface area contributed by atoms with E-state index in [2.05, 4.69) is 35.4 Å². The first kappa shape index (κ1) is 34.4. The lowest BCUT2D eigenvalue weighted by molar-refractivity contribution is -0.140. The van der Waals surface area contributed by atoms with E-state index < -0.39 is 34.9 Å². The molecule has 2 aliphatic rings. The lowest BCUT2D eigenvalue weighted by Gasteiger charge is -2.31. The van der Waals surface area contributed by atoms with E-state index in [1.807, 2.05) is 0 Å². The summed E-state index contributed by atoms with van der Waals surface area (Å²) >= 11 is 0.750. The molecule has 4 aromatic heterocycles. The number of alkyl halides is 3. The van der Waals surface area contributed by atoms with Gasteiger partial charge in [-0.2, -0.15) is 13.2 Å². The number of carbonyl (C=O) groups is 2. The van der Waals surface area contributed by atoms with Crippen molar-refractivity contribution in [3.63, 3.8) is 0 Å². The number of aromatic carboxylic acids is 1. The maximum Gasteiger partial charge on any atom is 0.434 e. The van der Waals surface area contributed by atoms with Crippen LogP contribution in [0.2, 0.25) is 0 Å². The number of likely N-dealkylation sites (tertiary alicyclic amines) is 1. The molecule has 0 saturated carbocycles. The Hall–Kier alpha value is -4.45. The molecule has 3 N–H and O–H groups in total. The number of carboxylic acid groups (broad SMARTS) is 1. The lowest BCUT2D eigenvalue weighted by atomic mass is 10.0. The number of carboxylic acids is 1. The number of carbonyl (C=O) groups excluding carboxylic acids is 1. The summed E-state index contributed by atoms with van der Waals surface area (Å²) in [7, 11) is 0. The number of urea groups is 1. The molecule has 2 saturated heterocycles. The van der Waals surface area contributed by atoms with Crippen LogP contribution in [0.15, 0.2) is 40.9 Å². The standard InChI is InChI=1S/C32H35F3N8O5S/c1-2-36-31(47)40-27-13-20(29-39-26(18-49-29)32(33,34)35)22(14-38-27)24-12-21-25(15-37-24)43(17-23(28(21)44)30(45)46)16-19-4-3-5-42(19)7-6-41-8-10-48-11-9-41/h12-15,17-19H,2-11,16H2,1H3,(H,45,46)(H2,36,38,40,47)/t19-/m1/s1. The van der Waals surface area contributed by atoms with Crippen LogP contribution in [0.4, 0.5) is 23.8 Å². The van der Waals surface area contributed by atoms with Crippen molar-refractivity contribution in [1.82, 2.24) is 34.6 Å². The van der Waals surface area contributed by atoms with Crippen molar-refractivity contribution in [3.05, 3.63) is 57.6 Å². The maximum absolute atomic E-state index is 13.5. The minimum atomic E-state index is -4.68. The fourth-order valence-corrected chi connectivity index (χ4v) is 7.07. The van der Waals surface area contributed by atoms with Gasteiger partial charge in [-0.05, 0) is 38.4 Å². The molecule has 0 aromatic carbocycles. The molecule has 13 nitrogen and oxygen atoms in total. The molecule has 49 heavy (non-hydrogen) atoms. The van der Waals surface area contributed by atoms with Crippen LogP contribution in [-0.2, 0) is 17.5 Å². The Morgan fingerprint density at radius 1 is 1.10 bits per heavy atom. The Morgan fingerprint density at radius 3 is 2.61 bits per heavy atom. The Kier molecular flexibility index (Phi) is 10.2. The number of aromatic nitrogens is 4. The van der Waals surface area contributed by atoms with Gasteiger partial charge in [-0.25, -0.2) is 19.6 Å². The van der Waals surface area contributed by atoms with E-state index in [1.54, 1.807) is 11.5 Å². The number of nitrogens with zero attached hydrogens (tertiary/aromatic N) is 6. The summed E-state index contributed by atoms with van der Waals surface area (Å²) in [4.78, 5) is 55.3. The van der Waals surface area contributed by atoms with Gasteiger partial charge in [0.2, 0.25) is 5.43 Å². The SMILES string of the molecule is CCNC(=O)Nc1cc(-c2nc(C(F)(F)F)cs2)c(-c2cc3c(=O)c(C(=O)O)cn(C[C@H]4CCCN4CCN4CCOCC4)c3cn2)cn1. The third-order valence-corrected chi connectivity index (χ3v) is 9.57. The molecular formula is C32H35F3N8O5S. The minimum Gasteiger partial charge on any atom is -0.477 e. The van der Waals surface area contributed by atoms with Crippen molar-refractivity contribution < 1.29 is 32.6 Å². The first-order valence-electron chi connectivity index (χ1n) is 15.9. The number of thiazole rings is 1. The highest BCUT2D eigenvalue weighted by atomic mass is 32.1. The second kappa shape index (κ2) is 14.6. The number of pyridine rings is 3.